The highest BCUT2D eigenvalue weighted by Crippen LogP contribution is 2.19. The molecule has 126 valence electrons. The molecule has 1 N–H and O–H groups in total. The number of aromatic amines is 1. The molecule has 0 radical (unpaired) electrons. The van der Waals surface area contributed by atoms with Gasteiger partial charge in [0.15, 0.2) is 5.82 Å². The highest BCUT2D eigenvalue weighted by atomic mass is 16.5. The Morgan fingerprint density at radius 3 is 2.96 bits per heavy atom. The Labute approximate surface area is 137 Å². The molecule has 0 aliphatic carbocycles. The van der Waals surface area contributed by atoms with Gasteiger partial charge in [0.05, 0.1) is 18.8 Å². The van der Waals surface area contributed by atoms with Crippen LogP contribution in [0.2, 0.25) is 0 Å². The molecular formula is C16H26N6O. The molecule has 1 unspecified atom stereocenters. The Morgan fingerprint density at radius 2 is 2.22 bits per heavy atom. The van der Waals surface area contributed by atoms with Crippen LogP contribution in [0.1, 0.15) is 42.5 Å². The summed E-state index contributed by atoms with van der Waals surface area (Å²) >= 11 is 0. The molecule has 2 aromatic heterocycles. The third-order valence-electron chi connectivity index (χ3n) is 4.21. The fraction of sp³-hybridized carbons (Fsp3) is 0.688. The van der Waals surface area contributed by atoms with Gasteiger partial charge in [-0.1, -0.05) is 6.92 Å². The van der Waals surface area contributed by atoms with Crippen LogP contribution < -0.4 is 0 Å². The molecular weight excluding hydrogens is 292 g/mol. The van der Waals surface area contributed by atoms with Gasteiger partial charge < -0.3 is 4.74 Å². The second-order valence-electron chi connectivity index (χ2n) is 6.20. The summed E-state index contributed by atoms with van der Waals surface area (Å²) in [5.41, 5.74) is 2.29. The molecule has 1 atom stereocenters. The van der Waals surface area contributed by atoms with Gasteiger partial charge in [-0.05, 0) is 26.3 Å². The Morgan fingerprint density at radius 1 is 1.35 bits per heavy atom. The summed E-state index contributed by atoms with van der Waals surface area (Å²) in [5.74, 6) is 1.73. The fourth-order valence-corrected chi connectivity index (χ4v) is 3.00. The normalized spacial score (nSPS) is 19.3. The zero-order chi connectivity index (χ0) is 16.2. The van der Waals surface area contributed by atoms with Gasteiger partial charge in [0, 0.05) is 31.7 Å². The summed E-state index contributed by atoms with van der Waals surface area (Å²) in [6.07, 6.45) is 1.96. The largest absolute Gasteiger partial charge is 0.367 e. The molecule has 3 heterocycles. The van der Waals surface area contributed by atoms with Gasteiger partial charge in [-0.25, -0.2) is 4.98 Å². The van der Waals surface area contributed by atoms with E-state index in [4.69, 9.17) is 4.74 Å². The van der Waals surface area contributed by atoms with Gasteiger partial charge in [-0.3, -0.25) is 14.7 Å². The fourth-order valence-electron chi connectivity index (χ4n) is 3.00. The van der Waals surface area contributed by atoms with E-state index in [1.807, 2.05) is 6.92 Å². The maximum absolute atomic E-state index is 5.86. The van der Waals surface area contributed by atoms with Crippen molar-refractivity contribution in [2.24, 2.45) is 0 Å². The summed E-state index contributed by atoms with van der Waals surface area (Å²) in [7, 11) is 0. The average molecular weight is 318 g/mol. The van der Waals surface area contributed by atoms with Crippen molar-refractivity contribution in [1.82, 2.24) is 29.9 Å². The van der Waals surface area contributed by atoms with Crippen molar-refractivity contribution in [3.63, 3.8) is 0 Å². The smallest absolute Gasteiger partial charge is 0.180 e. The van der Waals surface area contributed by atoms with Crippen LogP contribution in [0.4, 0.5) is 0 Å². The molecule has 3 rings (SSSR count). The second-order valence-corrected chi connectivity index (χ2v) is 6.20. The first kappa shape index (κ1) is 16.1. The molecule has 7 heteroatoms. The van der Waals surface area contributed by atoms with E-state index in [-0.39, 0.29) is 6.10 Å². The van der Waals surface area contributed by atoms with Crippen LogP contribution in [0.25, 0.3) is 0 Å². The molecule has 0 amide bonds. The first-order chi connectivity index (χ1) is 11.2. The zero-order valence-corrected chi connectivity index (χ0v) is 14.2. The van der Waals surface area contributed by atoms with Crippen molar-refractivity contribution in [3.8, 4) is 0 Å². The SMILES string of the molecule is CCCc1nc(C2CN(CCn3nc(C)cc3C)CCO2)n[nH]1. The van der Waals surface area contributed by atoms with E-state index in [9.17, 15) is 0 Å². The highest BCUT2D eigenvalue weighted by molar-refractivity contribution is 5.06. The van der Waals surface area contributed by atoms with Crippen molar-refractivity contribution in [1.29, 1.82) is 0 Å². The summed E-state index contributed by atoms with van der Waals surface area (Å²) in [6, 6.07) is 2.12. The number of hydrogen-bond donors (Lipinski definition) is 1. The molecule has 2 aromatic rings. The quantitative estimate of drug-likeness (QED) is 0.877. The van der Waals surface area contributed by atoms with Crippen molar-refractivity contribution >= 4 is 0 Å². The molecule has 1 aliphatic rings. The van der Waals surface area contributed by atoms with Crippen molar-refractivity contribution in [2.75, 3.05) is 26.2 Å². The third kappa shape index (κ3) is 3.97. The molecule has 1 saturated heterocycles. The summed E-state index contributed by atoms with van der Waals surface area (Å²) in [6.45, 7) is 10.6. The number of nitrogens with one attached hydrogen (secondary N) is 1. The van der Waals surface area contributed by atoms with E-state index in [1.165, 1.54) is 5.69 Å². The zero-order valence-electron chi connectivity index (χ0n) is 14.2. The first-order valence-corrected chi connectivity index (χ1v) is 8.42. The Hall–Kier alpha value is -1.73. The Bertz CT molecular complexity index is 634. The lowest BCUT2D eigenvalue weighted by Crippen LogP contribution is -2.40. The molecule has 1 fully saturated rings. The van der Waals surface area contributed by atoms with E-state index in [1.54, 1.807) is 0 Å². The molecule has 23 heavy (non-hydrogen) atoms. The number of ether oxygens (including phenoxy) is 1. The van der Waals surface area contributed by atoms with Crippen molar-refractivity contribution < 1.29 is 4.74 Å². The maximum atomic E-state index is 5.86. The summed E-state index contributed by atoms with van der Waals surface area (Å²) in [5, 5.41) is 11.9. The van der Waals surface area contributed by atoms with Crippen LogP contribution in [0.5, 0.6) is 0 Å². The predicted octanol–water partition coefficient (Wildman–Crippen LogP) is 1.64. The second kappa shape index (κ2) is 7.23. The lowest BCUT2D eigenvalue weighted by atomic mass is 10.2. The number of H-pyrrole nitrogens is 1. The van der Waals surface area contributed by atoms with E-state index in [2.05, 4.69) is 49.8 Å². The number of hydrogen-bond acceptors (Lipinski definition) is 5. The molecule has 7 nitrogen and oxygen atoms in total. The minimum Gasteiger partial charge on any atom is -0.367 e. The lowest BCUT2D eigenvalue weighted by molar-refractivity contribution is -0.0353. The minimum absolute atomic E-state index is 0.0361. The highest BCUT2D eigenvalue weighted by Gasteiger charge is 2.25. The predicted molar refractivity (Wildman–Crippen MR) is 87.2 cm³/mol. The van der Waals surface area contributed by atoms with E-state index in [0.29, 0.717) is 0 Å². The number of nitrogens with zero attached hydrogens (tertiary/aromatic N) is 5. The van der Waals surface area contributed by atoms with Crippen molar-refractivity contribution in [3.05, 3.63) is 29.1 Å². The van der Waals surface area contributed by atoms with Crippen molar-refractivity contribution in [2.45, 2.75) is 46.3 Å². The van der Waals surface area contributed by atoms with Crippen LogP contribution in [-0.2, 0) is 17.7 Å². The Balaban J connectivity index is 1.56. The topological polar surface area (TPSA) is 71.9 Å². The van der Waals surface area contributed by atoms with Gasteiger partial charge in [-0.2, -0.15) is 10.2 Å². The van der Waals surface area contributed by atoms with Crippen LogP contribution in [0.15, 0.2) is 6.07 Å². The summed E-state index contributed by atoms with van der Waals surface area (Å²) in [4.78, 5) is 6.96. The lowest BCUT2D eigenvalue weighted by Gasteiger charge is -2.31. The van der Waals surface area contributed by atoms with Gasteiger partial charge in [-0.15, -0.1) is 0 Å². The van der Waals surface area contributed by atoms with Crippen LogP contribution in [-0.4, -0.2) is 56.1 Å². The number of morpholine rings is 1. The van der Waals surface area contributed by atoms with Crippen LogP contribution in [0, 0.1) is 13.8 Å². The summed E-state index contributed by atoms with van der Waals surface area (Å²) < 4.78 is 7.93. The number of aromatic nitrogens is 5. The number of aryl methyl sites for hydroxylation is 3. The van der Waals surface area contributed by atoms with E-state index < -0.39 is 0 Å². The van der Waals surface area contributed by atoms with Gasteiger partial charge in [0.1, 0.15) is 11.9 Å². The van der Waals surface area contributed by atoms with E-state index in [0.717, 1.165) is 63.0 Å². The average Bonchev–Trinajstić information content (AvgIpc) is 3.12. The van der Waals surface area contributed by atoms with Crippen LogP contribution >= 0.6 is 0 Å². The monoisotopic (exact) mass is 318 g/mol. The maximum Gasteiger partial charge on any atom is 0.180 e. The standard InChI is InChI=1S/C16H26N6O/c1-4-5-15-17-16(19-18-15)14-11-21(8-9-23-14)6-7-22-13(3)10-12(2)20-22/h10,14H,4-9,11H2,1-3H3,(H,17,18,19). The molecule has 0 spiro atoms. The van der Waals surface area contributed by atoms with Crippen LogP contribution in [0.3, 0.4) is 0 Å². The molecule has 0 saturated carbocycles. The van der Waals surface area contributed by atoms with E-state index >= 15 is 0 Å². The third-order valence-corrected chi connectivity index (χ3v) is 4.21. The number of rotatable bonds is 6. The Kier molecular flexibility index (Phi) is 5.07. The minimum atomic E-state index is -0.0361. The van der Waals surface area contributed by atoms with Gasteiger partial charge in [0.25, 0.3) is 0 Å². The first-order valence-electron chi connectivity index (χ1n) is 8.42. The molecule has 1 aliphatic heterocycles. The van der Waals surface area contributed by atoms with Gasteiger partial charge >= 0.3 is 0 Å². The molecule has 0 bridgehead atoms. The molecule has 0 aromatic carbocycles. The van der Waals surface area contributed by atoms with Gasteiger partial charge in [0.2, 0.25) is 0 Å².